The summed E-state index contributed by atoms with van der Waals surface area (Å²) in [5.74, 6) is -1.26. The molecule has 0 spiro atoms. The number of hydrogen-bond acceptors (Lipinski definition) is 2. The summed E-state index contributed by atoms with van der Waals surface area (Å²) in [5.41, 5.74) is 1.94. The summed E-state index contributed by atoms with van der Waals surface area (Å²) in [6.07, 6.45) is 2.03. The molecular weight excluding hydrogens is 309 g/mol. The van der Waals surface area contributed by atoms with Crippen LogP contribution in [0.25, 0.3) is 0 Å². The molecule has 0 aromatic heterocycles. The molecule has 1 heterocycles. The highest BCUT2D eigenvalue weighted by Gasteiger charge is 2.29. The van der Waals surface area contributed by atoms with Crippen LogP contribution in [-0.2, 0) is 11.2 Å². The predicted molar refractivity (Wildman–Crippen MR) is 87.2 cm³/mol. The maximum Gasteiger partial charge on any atom is 0.335 e. The summed E-state index contributed by atoms with van der Waals surface area (Å²) >= 11 is 0. The second-order valence-corrected chi connectivity index (χ2v) is 5.98. The Morgan fingerprint density at radius 1 is 1.08 bits per heavy atom. The van der Waals surface area contributed by atoms with Gasteiger partial charge in [-0.25, -0.2) is 9.18 Å². The molecule has 24 heavy (non-hydrogen) atoms. The molecule has 124 valence electrons. The third kappa shape index (κ3) is 3.45. The highest BCUT2D eigenvalue weighted by Crippen LogP contribution is 2.32. The van der Waals surface area contributed by atoms with Crippen LogP contribution in [0.3, 0.4) is 0 Å². The van der Waals surface area contributed by atoms with Gasteiger partial charge in [0.05, 0.1) is 18.0 Å². The lowest BCUT2D eigenvalue weighted by Gasteiger charge is -2.25. The van der Waals surface area contributed by atoms with Gasteiger partial charge in [-0.3, -0.25) is 4.79 Å². The van der Waals surface area contributed by atoms with Gasteiger partial charge in [-0.05, 0) is 48.2 Å². The standard InChI is InChI=1S/C19H18FNO3/c20-16-9-7-14(8-10-16)17-2-1-11-21(17)18(22)12-13-3-5-15(6-4-13)19(23)24/h3-10,17H,1-2,11-12H2,(H,23,24). The fourth-order valence-corrected chi connectivity index (χ4v) is 3.14. The normalized spacial score (nSPS) is 17.0. The quantitative estimate of drug-likeness (QED) is 0.936. The average Bonchev–Trinajstić information content (AvgIpc) is 3.06. The number of amides is 1. The molecule has 1 N–H and O–H groups in total. The van der Waals surface area contributed by atoms with Crippen LogP contribution in [0.4, 0.5) is 4.39 Å². The van der Waals surface area contributed by atoms with Gasteiger partial charge in [0.15, 0.2) is 0 Å². The maximum atomic E-state index is 13.1. The lowest BCUT2D eigenvalue weighted by molar-refractivity contribution is -0.131. The molecule has 0 radical (unpaired) electrons. The Morgan fingerprint density at radius 3 is 2.38 bits per heavy atom. The molecule has 2 aromatic carbocycles. The molecule has 1 unspecified atom stereocenters. The van der Waals surface area contributed by atoms with Gasteiger partial charge < -0.3 is 10.0 Å². The molecule has 1 fully saturated rings. The first-order valence-corrected chi connectivity index (χ1v) is 7.92. The Morgan fingerprint density at radius 2 is 1.75 bits per heavy atom. The monoisotopic (exact) mass is 327 g/mol. The van der Waals surface area contributed by atoms with Crippen LogP contribution in [-0.4, -0.2) is 28.4 Å². The van der Waals surface area contributed by atoms with E-state index in [4.69, 9.17) is 5.11 Å². The number of hydrogen-bond donors (Lipinski definition) is 1. The first-order valence-electron chi connectivity index (χ1n) is 7.92. The highest BCUT2D eigenvalue weighted by atomic mass is 19.1. The molecule has 0 saturated carbocycles. The highest BCUT2D eigenvalue weighted by molar-refractivity contribution is 5.87. The second kappa shape index (κ2) is 6.83. The minimum atomic E-state index is -0.983. The molecular formula is C19H18FNO3. The molecule has 5 heteroatoms. The number of aromatic carboxylic acids is 1. The van der Waals surface area contributed by atoms with Crippen molar-refractivity contribution >= 4 is 11.9 Å². The zero-order valence-corrected chi connectivity index (χ0v) is 13.1. The van der Waals surface area contributed by atoms with E-state index in [1.165, 1.54) is 24.3 Å². The number of likely N-dealkylation sites (tertiary alicyclic amines) is 1. The van der Waals surface area contributed by atoms with Crippen LogP contribution in [0.2, 0.25) is 0 Å². The molecule has 1 aliphatic rings. The van der Waals surface area contributed by atoms with Crippen LogP contribution < -0.4 is 0 Å². The second-order valence-electron chi connectivity index (χ2n) is 5.98. The van der Waals surface area contributed by atoms with Crippen molar-refractivity contribution in [2.24, 2.45) is 0 Å². The molecule has 2 aromatic rings. The number of carboxylic acid groups (broad SMARTS) is 1. The van der Waals surface area contributed by atoms with Crippen molar-refractivity contribution in [2.75, 3.05) is 6.54 Å². The number of rotatable bonds is 4. The number of benzene rings is 2. The Bertz CT molecular complexity index is 740. The number of carbonyl (C=O) groups is 2. The number of halogens is 1. The Balaban J connectivity index is 1.71. The van der Waals surface area contributed by atoms with Gasteiger partial charge in [0.2, 0.25) is 5.91 Å². The fourth-order valence-electron chi connectivity index (χ4n) is 3.14. The lowest BCUT2D eigenvalue weighted by Crippen LogP contribution is -2.31. The molecule has 0 aliphatic carbocycles. The van der Waals surface area contributed by atoms with Crippen molar-refractivity contribution < 1.29 is 19.1 Å². The summed E-state index contributed by atoms with van der Waals surface area (Å²) in [6, 6.07) is 12.6. The van der Waals surface area contributed by atoms with Crippen molar-refractivity contribution in [2.45, 2.75) is 25.3 Å². The van der Waals surface area contributed by atoms with E-state index in [0.717, 1.165) is 24.0 Å². The van der Waals surface area contributed by atoms with E-state index in [2.05, 4.69) is 0 Å². The van der Waals surface area contributed by atoms with Crippen molar-refractivity contribution in [3.63, 3.8) is 0 Å². The fraction of sp³-hybridized carbons (Fsp3) is 0.263. The molecule has 1 aliphatic heterocycles. The summed E-state index contributed by atoms with van der Waals surface area (Å²) in [7, 11) is 0. The number of carboxylic acids is 1. The zero-order valence-electron chi connectivity index (χ0n) is 13.1. The summed E-state index contributed by atoms with van der Waals surface area (Å²) in [4.78, 5) is 25.3. The molecule has 3 rings (SSSR count). The van der Waals surface area contributed by atoms with Gasteiger partial charge in [-0.15, -0.1) is 0 Å². The van der Waals surface area contributed by atoms with E-state index in [9.17, 15) is 14.0 Å². The van der Waals surface area contributed by atoms with Crippen LogP contribution in [0.15, 0.2) is 48.5 Å². The van der Waals surface area contributed by atoms with Gasteiger partial charge in [0.25, 0.3) is 0 Å². The van der Waals surface area contributed by atoms with E-state index in [-0.39, 0.29) is 29.8 Å². The summed E-state index contributed by atoms with van der Waals surface area (Å²) in [6.45, 7) is 0.689. The SMILES string of the molecule is O=C(O)c1ccc(CC(=O)N2CCCC2c2ccc(F)cc2)cc1. The summed E-state index contributed by atoms with van der Waals surface area (Å²) in [5, 5.41) is 8.91. The van der Waals surface area contributed by atoms with E-state index >= 15 is 0 Å². The van der Waals surface area contributed by atoms with E-state index in [0.29, 0.717) is 6.54 Å². The smallest absolute Gasteiger partial charge is 0.335 e. The number of nitrogens with zero attached hydrogens (tertiary/aromatic N) is 1. The first kappa shape index (κ1) is 16.2. The third-order valence-electron chi connectivity index (χ3n) is 4.38. The third-order valence-corrected chi connectivity index (χ3v) is 4.38. The zero-order chi connectivity index (χ0) is 17.1. The van der Waals surface area contributed by atoms with Crippen LogP contribution in [0.5, 0.6) is 0 Å². The van der Waals surface area contributed by atoms with E-state index in [1.807, 2.05) is 4.90 Å². The average molecular weight is 327 g/mol. The van der Waals surface area contributed by atoms with Crippen molar-refractivity contribution in [3.8, 4) is 0 Å². The van der Waals surface area contributed by atoms with Gasteiger partial charge in [-0.1, -0.05) is 24.3 Å². The van der Waals surface area contributed by atoms with Crippen LogP contribution in [0.1, 0.15) is 40.4 Å². The molecule has 1 amide bonds. The molecule has 0 bridgehead atoms. The molecule has 4 nitrogen and oxygen atoms in total. The Hall–Kier alpha value is -2.69. The van der Waals surface area contributed by atoms with Crippen molar-refractivity contribution in [3.05, 3.63) is 71.0 Å². The largest absolute Gasteiger partial charge is 0.478 e. The molecule has 1 atom stereocenters. The topological polar surface area (TPSA) is 57.6 Å². The van der Waals surface area contributed by atoms with Gasteiger partial charge in [0.1, 0.15) is 5.82 Å². The van der Waals surface area contributed by atoms with Gasteiger partial charge in [0, 0.05) is 6.54 Å². The van der Waals surface area contributed by atoms with Crippen molar-refractivity contribution in [1.29, 1.82) is 0 Å². The summed E-state index contributed by atoms with van der Waals surface area (Å²) < 4.78 is 13.1. The van der Waals surface area contributed by atoms with E-state index in [1.54, 1.807) is 24.3 Å². The Kier molecular flexibility index (Phi) is 4.60. The van der Waals surface area contributed by atoms with Gasteiger partial charge in [-0.2, -0.15) is 0 Å². The van der Waals surface area contributed by atoms with E-state index < -0.39 is 5.97 Å². The number of carbonyl (C=O) groups excluding carboxylic acids is 1. The maximum absolute atomic E-state index is 13.1. The van der Waals surface area contributed by atoms with Crippen molar-refractivity contribution in [1.82, 2.24) is 4.90 Å². The first-order chi connectivity index (χ1) is 11.5. The minimum Gasteiger partial charge on any atom is -0.478 e. The van der Waals surface area contributed by atoms with Crippen LogP contribution >= 0.6 is 0 Å². The Labute approximate surface area is 139 Å². The predicted octanol–water partition coefficient (Wildman–Crippen LogP) is 3.43. The van der Waals surface area contributed by atoms with Gasteiger partial charge >= 0.3 is 5.97 Å². The molecule has 1 saturated heterocycles. The van der Waals surface area contributed by atoms with Crippen LogP contribution in [0, 0.1) is 5.82 Å². The lowest BCUT2D eigenvalue weighted by atomic mass is 10.0. The minimum absolute atomic E-state index is 0.00454.